The zero-order chi connectivity index (χ0) is 32.4. The Balaban J connectivity index is 0.000000205. The monoisotopic (exact) mass is 716 g/mol. The number of carbonyl (C=O) groups excluding carboxylic acids is 1. The summed E-state index contributed by atoms with van der Waals surface area (Å²) in [6.07, 6.45) is 10.6. The third-order valence-electron chi connectivity index (χ3n) is 6.71. The van der Waals surface area contributed by atoms with Crippen LogP contribution >= 0.6 is 58.0 Å². The number of hydrogen-bond donors (Lipinski definition) is 0. The topological polar surface area (TPSA) is 96.5 Å². The number of carbonyl (C=O) groups is 1. The van der Waals surface area contributed by atoms with Gasteiger partial charge in [-0.2, -0.15) is 5.10 Å². The molecule has 15 heteroatoms. The van der Waals surface area contributed by atoms with Gasteiger partial charge in [-0.15, -0.1) is 0 Å². The van der Waals surface area contributed by atoms with Crippen LogP contribution in [0.15, 0.2) is 61.7 Å². The second-order valence-corrected chi connectivity index (χ2v) is 12.2. The molecule has 242 valence electrons. The van der Waals surface area contributed by atoms with Crippen molar-refractivity contribution < 1.29 is 19.0 Å². The van der Waals surface area contributed by atoms with Crippen LogP contribution in [0, 0.1) is 0 Å². The largest absolute Gasteiger partial charge is 0.489 e. The van der Waals surface area contributed by atoms with Crippen molar-refractivity contribution in [3.8, 4) is 5.75 Å². The maximum Gasteiger partial charge on any atom is 0.329 e. The number of benzene rings is 2. The number of hydrogen-bond acceptors (Lipinski definition) is 7. The Bertz CT molecular complexity index is 1500. The first kappa shape index (κ1) is 35.3. The van der Waals surface area contributed by atoms with Gasteiger partial charge in [0.2, 0.25) is 5.79 Å². The van der Waals surface area contributed by atoms with Gasteiger partial charge in [0.05, 0.1) is 34.3 Å². The summed E-state index contributed by atoms with van der Waals surface area (Å²) in [5, 5.41) is 6.36. The van der Waals surface area contributed by atoms with Gasteiger partial charge < -0.3 is 19.1 Å². The molecule has 3 heterocycles. The van der Waals surface area contributed by atoms with E-state index in [0.717, 1.165) is 24.8 Å². The Morgan fingerprint density at radius 2 is 1.76 bits per heavy atom. The highest BCUT2D eigenvalue weighted by molar-refractivity contribution is 6.40. The maximum absolute atomic E-state index is 12.3. The first-order valence-corrected chi connectivity index (χ1v) is 16.2. The van der Waals surface area contributed by atoms with E-state index in [2.05, 4.69) is 22.0 Å². The third-order valence-corrected chi connectivity index (χ3v) is 8.04. The maximum atomic E-state index is 12.3. The van der Waals surface area contributed by atoms with E-state index in [0.29, 0.717) is 57.1 Å². The van der Waals surface area contributed by atoms with Gasteiger partial charge in [0, 0.05) is 34.5 Å². The molecular weight excluding hydrogens is 686 g/mol. The molecule has 10 nitrogen and oxygen atoms in total. The summed E-state index contributed by atoms with van der Waals surface area (Å²) in [5.74, 6) is -0.598. The number of imidazole rings is 1. The molecule has 2 atom stereocenters. The summed E-state index contributed by atoms with van der Waals surface area (Å²) in [6.45, 7) is 6.32. The molecule has 1 aliphatic rings. The molecule has 2 aromatic carbocycles. The summed E-state index contributed by atoms with van der Waals surface area (Å²) in [4.78, 5) is 21.9. The Kier molecular flexibility index (Phi) is 13.2. The van der Waals surface area contributed by atoms with Crippen LogP contribution in [0.3, 0.4) is 0 Å². The lowest BCUT2D eigenvalue weighted by Gasteiger charge is -2.29. The van der Waals surface area contributed by atoms with E-state index in [1.54, 1.807) is 52.6 Å². The minimum Gasteiger partial charge on any atom is -0.489 e. The lowest BCUT2D eigenvalue weighted by molar-refractivity contribution is -0.189. The van der Waals surface area contributed by atoms with Crippen LogP contribution in [0.1, 0.15) is 38.7 Å². The van der Waals surface area contributed by atoms with Crippen LogP contribution < -0.4 is 4.74 Å². The summed E-state index contributed by atoms with van der Waals surface area (Å²) in [5.41, 5.74) is 0.757. The van der Waals surface area contributed by atoms with Crippen molar-refractivity contribution in [3.05, 3.63) is 92.4 Å². The van der Waals surface area contributed by atoms with Gasteiger partial charge >= 0.3 is 6.03 Å². The van der Waals surface area contributed by atoms with Crippen LogP contribution in [0.5, 0.6) is 5.75 Å². The molecule has 0 aliphatic carbocycles. The van der Waals surface area contributed by atoms with Gasteiger partial charge in [0.25, 0.3) is 0 Å². The van der Waals surface area contributed by atoms with Gasteiger partial charge in [-0.3, -0.25) is 4.57 Å². The average molecular weight is 719 g/mol. The minimum absolute atomic E-state index is 0.0419. The van der Waals surface area contributed by atoms with Gasteiger partial charge in [0.15, 0.2) is 5.75 Å². The molecule has 1 saturated heterocycles. The van der Waals surface area contributed by atoms with E-state index in [4.69, 9.17) is 72.2 Å². The molecule has 0 spiro atoms. The smallest absolute Gasteiger partial charge is 0.329 e. The van der Waals surface area contributed by atoms with Gasteiger partial charge in [0.1, 0.15) is 32.1 Å². The van der Waals surface area contributed by atoms with Crippen molar-refractivity contribution in [2.45, 2.75) is 51.5 Å². The molecule has 2 aromatic heterocycles. The highest BCUT2D eigenvalue weighted by Crippen LogP contribution is 2.41. The fourth-order valence-corrected chi connectivity index (χ4v) is 6.18. The molecule has 1 amide bonds. The Hall–Kier alpha value is -2.57. The van der Waals surface area contributed by atoms with Gasteiger partial charge in [-0.05, 0) is 37.1 Å². The quantitative estimate of drug-likeness (QED) is 0.154. The lowest BCUT2D eigenvalue weighted by atomic mass is 10.1. The molecular formula is C30H33Cl5N6O4. The van der Waals surface area contributed by atoms with Crippen molar-refractivity contribution in [2.24, 2.45) is 0 Å². The fraction of sp³-hybridized carbons (Fsp3) is 0.400. The molecule has 0 N–H and O–H groups in total. The van der Waals surface area contributed by atoms with Crippen LogP contribution in [0.4, 0.5) is 4.79 Å². The highest BCUT2D eigenvalue weighted by atomic mass is 35.5. The number of halogens is 5. The van der Waals surface area contributed by atoms with E-state index in [1.165, 1.54) is 17.2 Å². The summed E-state index contributed by atoms with van der Waals surface area (Å²) < 4.78 is 21.0. The molecule has 0 saturated carbocycles. The van der Waals surface area contributed by atoms with Crippen LogP contribution in [-0.2, 0) is 21.8 Å². The van der Waals surface area contributed by atoms with E-state index in [1.807, 2.05) is 13.0 Å². The van der Waals surface area contributed by atoms with E-state index in [-0.39, 0.29) is 18.7 Å². The van der Waals surface area contributed by atoms with Crippen molar-refractivity contribution in [1.29, 1.82) is 0 Å². The number of amides is 1. The standard InChI is InChI=1S/C15H16Cl3N3O2.C15H17Cl2N3O2/c1-2-4-20(15(22)21-5-3-19-10-21)6-7-23-14-12(17)8-11(16)9-13(14)18;1-2-3-12-7-21-15(22-12,8-20-10-18-9-19-20)13-5-4-11(16)6-14(13)17/h3,5,8-10H,2,4,6-7H2,1H3;4-6,9-10,12H,2-3,7-8H2,1H3. The first-order chi connectivity index (χ1) is 21.7. The number of aromatic nitrogens is 5. The number of ether oxygens (including phenoxy) is 3. The van der Waals surface area contributed by atoms with Gasteiger partial charge in [-0.1, -0.05) is 84.3 Å². The molecule has 0 radical (unpaired) electrons. The lowest BCUT2D eigenvalue weighted by Crippen LogP contribution is -2.37. The molecule has 1 fully saturated rings. The SMILES string of the molecule is CCCC1COC(Cn2cncn2)(c2ccc(Cl)cc2Cl)O1.CCCN(CCOc1c(Cl)cc(Cl)cc1Cl)C(=O)n1ccnc1. The van der Waals surface area contributed by atoms with Crippen molar-refractivity contribution in [2.75, 3.05) is 26.3 Å². The summed E-state index contributed by atoms with van der Waals surface area (Å²) in [7, 11) is 0. The fourth-order valence-electron chi connectivity index (χ4n) is 4.70. The average Bonchev–Trinajstić information content (AvgIpc) is 3.78. The Morgan fingerprint density at radius 1 is 1.00 bits per heavy atom. The highest BCUT2D eigenvalue weighted by Gasteiger charge is 2.45. The molecule has 2 unspecified atom stereocenters. The molecule has 4 aromatic rings. The summed E-state index contributed by atoms with van der Waals surface area (Å²) in [6, 6.07) is 8.29. The molecule has 1 aliphatic heterocycles. The summed E-state index contributed by atoms with van der Waals surface area (Å²) >= 11 is 30.4. The predicted octanol–water partition coefficient (Wildman–Crippen LogP) is 8.26. The van der Waals surface area contributed by atoms with Crippen LogP contribution in [0.2, 0.25) is 25.1 Å². The second-order valence-electron chi connectivity index (χ2n) is 10.1. The second kappa shape index (κ2) is 16.8. The zero-order valence-electron chi connectivity index (χ0n) is 24.7. The normalized spacial score (nSPS) is 17.5. The van der Waals surface area contributed by atoms with E-state index in [9.17, 15) is 4.79 Å². The number of nitrogens with zero attached hydrogens (tertiary/aromatic N) is 6. The Morgan fingerprint density at radius 3 is 2.38 bits per heavy atom. The molecule has 0 bridgehead atoms. The third kappa shape index (κ3) is 9.48. The predicted molar refractivity (Wildman–Crippen MR) is 176 cm³/mol. The Labute approximate surface area is 287 Å². The van der Waals surface area contributed by atoms with Crippen molar-refractivity contribution >= 4 is 64.0 Å². The van der Waals surface area contributed by atoms with E-state index < -0.39 is 5.79 Å². The van der Waals surface area contributed by atoms with Gasteiger partial charge in [-0.25, -0.2) is 19.4 Å². The van der Waals surface area contributed by atoms with Crippen molar-refractivity contribution in [3.63, 3.8) is 0 Å². The van der Waals surface area contributed by atoms with Crippen LogP contribution in [0.25, 0.3) is 0 Å². The minimum atomic E-state index is -0.963. The first-order valence-electron chi connectivity index (χ1n) is 14.3. The van der Waals surface area contributed by atoms with Crippen LogP contribution in [-0.4, -0.2) is 67.7 Å². The number of rotatable bonds is 11. The van der Waals surface area contributed by atoms with E-state index >= 15 is 0 Å². The molecule has 5 rings (SSSR count). The molecule has 45 heavy (non-hydrogen) atoms. The van der Waals surface area contributed by atoms with Crippen molar-refractivity contribution in [1.82, 2.24) is 29.2 Å². The zero-order valence-corrected chi connectivity index (χ0v) is 28.5.